The SMILES string of the molecule is NN1CCC[C@H](C(=O)OCc2ccccc2)C1=O. The maximum Gasteiger partial charge on any atom is 0.318 e. The molecule has 1 amide bonds. The molecule has 1 heterocycles. The van der Waals surface area contributed by atoms with Crippen LogP contribution >= 0.6 is 0 Å². The van der Waals surface area contributed by atoms with Crippen molar-refractivity contribution < 1.29 is 14.3 Å². The number of hydrogen-bond acceptors (Lipinski definition) is 4. The number of ether oxygens (including phenoxy) is 1. The van der Waals surface area contributed by atoms with E-state index in [0.717, 1.165) is 17.0 Å². The minimum Gasteiger partial charge on any atom is -0.460 e. The molecule has 0 bridgehead atoms. The molecule has 1 aliphatic heterocycles. The Balaban J connectivity index is 1.90. The van der Waals surface area contributed by atoms with Gasteiger partial charge in [-0.05, 0) is 18.4 Å². The Labute approximate surface area is 105 Å². The normalized spacial score (nSPS) is 19.7. The number of hydrazine groups is 1. The third-order valence-corrected chi connectivity index (χ3v) is 2.98. The number of amides is 1. The average molecular weight is 248 g/mol. The van der Waals surface area contributed by atoms with Crippen molar-refractivity contribution in [2.75, 3.05) is 6.54 Å². The second-order valence-electron chi connectivity index (χ2n) is 4.32. The maximum absolute atomic E-state index is 11.8. The molecule has 0 saturated carbocycles. The first-order chi connectivity index (χ1) is 8.68. The van der Waals surface area contributed by atoms with Crippen molar-refractivity contribution in [1.29, 1.82) is 0 Å². The Morgan fingerprint density at radius 2 is 2.11 bits per heavy atom. The van der Waals surface area contributed by atoms with Gasteiger partial charge < -0.3 is 4.74 Å². The van der Waals surface area contributed by atoms with E-state index in [1.54, 1.807) is 0 Å². The first-order valence-electron chi connectivity index (χ1n) is 5.95. The molecule has 0 unspecified atom stereocenters. The second kappa shape index (κ2) is 5.64. The zero-order valence-electron chi connectivity index (χ0n) is 10.0. The molecule has 0 aliphatic carbocycles. The number of hydrogen-bond donors (Lipinski definition) is 1. The van der Waals surface area contributed by atoms with Crippen molar-refractivity contribution >= 4 is 11.9 Å². The molecular formula is C13H16N2O3. The van der Waals surface area contributed by atoms with Crippen LogP contribution in [0.3, 0.4) is 0 Å². The summed E-state index contributed by atoms with van der Waals surface area (Å²) in [4.78, 5) is 23.5. The minimum absolute atomic E-state index is 0.189. The van der Waals surface area contributed by atoms with Crippen LogP contribution in [0.25, 0.3) is 0 Å². The largest absolute Gasteiger partial charge is 0.460 e. The first kappa shape index (κ1) is 12.6. The fraction of sp³-hybridized carbons (Fsp3) is 0.385. The van der Waals surface area contributed by atoms with E-state index in [1.165, 1.54) is 0 Å². The van der Waals surface area contributed by atoms with Gasteiger partial charge in [-0.1, -0.05) is 30.3 Å². The lowest BCUT2D eigenvalue weighted by Gasteiger charge is -2.27. The van der Waals surface area contributed by atoms with Gasteiger partial charge >= 0.3 is 5.97 Å². The third kappa shape index (κ3) is 2.87. The van der Waals surface area contributed by atoms with E-state index >= 15 is 0 Å². The molecule has 96 valence electrons. The lowest BCUT2D eigenvalue weighted by atomic mass is 9.98. The van der Waals surface area contributed by atoms with Crippen LogP contribution in [-0.2, 0) is 20.9 Å². The molecule has 2 rings (SSSR count). The second-order valence-corrected chi connectivity index (χ2v) is 4.32. The first-order valence-corrected chi connectivity index (χ1v) is 5.95. The number of nitrogens with zero attached hydrogens (tertiary/aromatic N) is 1. The molecule has 18 heavy (non-hydrogen) atoms. The molecular weight excluding hydrogens is 232 g/mol. The Morgan fingerprint density at radius 3 is 2.83 bits per heavy atom. The van der Waals surface area contributed by atoms with Gasteiger partial charge in [0.2, 0.25) is 0 Å². The third-order valence-electron chi connectivity index (χ3n) is 2.98. The van der Waals surface area contributed by atoms with Crippen molar-refractivity contribution in [2.24, 2.45) is 11.8 Å². The molecule has 0 aromatic heterocycles. The van der Waals surface area contributed by atoms with Crippen LogP contribution in [0.4, 0.5) is 0 Å². The van der Waals surface area contributed by atoms with Gasteiger partial charge in [-0.15, -0.1) is 0 Å². The highest BCUT2D eigenvalue weighted by atomic mass is 16.5. The summed E-state index contributed by atoms with van der Waals surface area (Å²) in [5, 5.41) is 1.10. The van der Waals surface area contributed by atoms with E-state index in [4.69, 9.17) is 10.6 Å². The summed E-state index contributed by atoms with van der Waals surface area (Å²) in [6.45, 7) is 0.690. The quantitative estimate of drug-likeness (QED) is 0.372. The number of esters is 1. The van der Waals surface area contributed by atoms with Gasteiger partial charge in [-0.25, -0.2) is 5.84 Å². The summed E-state index contributed by atoms with van der Waals surface area (Å²) in [6, 6.07) is 9.37. The fourth-order valence-corrected chi connectivity index (χ4v) is 1.95. The molecule has 1 fully saturated rings. The van der Waals surface area contributed by atoms with Gasteiger partial charge in [0.1, 0.15) is 12.5 Å². The Bertz CT molecular complexity index is 433. The summed E-state index contributed by atoms with van der Waals surface area (Å²) in [5.74, 6) is 3.91. The highest BCUT2D eigenvalue weighted by molar-refractivity contribution is 5.97. The Morgan fingerprint density at radius 1 is 1.39 bits per heavy atom. The summed E-state index contributed by atoms with van der Waals surface area (Å²) in [5.41, 5.74) is 0.902. The smallest absolute Gasteiger partial charge is 0.318 e. The van der Waals surface area contributed by atoms with Gasteiger partial charge in [-0.3, -0.25) is 14.6 Å². The van der Waals surface area contributed by atoms with E-state index in [9.17, 15) is 9.59 Å². The molecule has 5 heteroatoms. The maximum atomic E-state index is 11.8. The molecule has 1 aromatic carbocycles. The molecule has 1 saturated heterocycles. The van der Waals surface area contributed by atoms with Gasteiger partial charge in [0.15, 0.2) is 0 Å². The van der Waals surface area contributed by atoms with Crippen molar-refractivity contribution in [2.45, 2.75) is 19.4 Å². The van der Waals surface area contributed by atoms with Crippen LogP contribution in [-0.4, -0.2) is 23.4 Å². The molecule has 0 radical (unpaired) electrons. The molecule has 1 aromatic rings. The molecule has 1 aliphatic rings. The monoisotopic (exact) mass is 248 g/mol. The van der Waals surface area contributed by atoms with Crippen molar-refractivity contribution in [1.82, 2.24) is 5.01 Å². The number of rotatable bonds is 3. The van der Waals surface area contributed by atoms with Crippen LogP contribution in [0.2, 0.25) is 0 Å². The van der Waals surface area contributed by atoms with Crippen molar-refractivity contribution in [3.05, 3.63) is 35.9 Å². The van der Waals surface area contributed by atoms with Crippen LogP contribution in [0, 0.1) is 5.92 Å². The highest BCUT2D eigenvalue weighted by Crippen LogP contribution is 2.17. The number of benzene rings is 1. The van der Waals surface area contributed by atoms with Gasteiger partial charge in [0, 0.05) is 6.54 Å². The van der Waals surface area contributed by atoms with Crippen molar-refractivity contribution in [3.63, 3.8) is 0 Å². The summed E-state index contributed by atoms with van der Waals surface area (Å²) < 4.78 is 5.14. The Hall–Kier alpha value is -1.88. The number of carbonyl (C=O) groups is 2. The molecule has 1 atom stereocenters. The molecule has 5 nitrogen and oxygen atoms in total. The van der Waals surface area contributed by atoms with E-state index in [0.29, 0.717) is 13.0 Å². The summed E-state index contributed by atoms with van der Waals surface area (Å²) in [6.07, 6.45) is 1.24. The van der Waals surface area contributed by atoms with Gasteiger partial charge in [-0.2, -0.15) is 0 Å². The van der Waals surface area contributed by atoms with E-state index in [-0.39, 0.29) is 12.5 Å². The van der Waals surface area contributed by atoms with Crippen LogP contribution in [0.5, 0.6) is 0 Å². The van der Waals surface area contributed by atoms with Crippen LogP contribution < -0.4 is 5.84 Å². The van der Waals surface area contributed by atoms with E-state index in [1.807, 2.05) is 30.3 Å². The predicted molar refractivity (Wildman–Crippen MR) is 64.9 cm³/mol. The lowest BCUT2D eigenvalue weighted by Crippen LogP contribution is -2.48. The summed E-state index contributed by atoms with van der Waals surface area (Å²) in [7, 11) is 0. The number of carbonyl (C=O) groups excluding carboxylic acids is 2. The van der Waals surface area contributed by atoms with E-state index < -0.39 is 11.9 Å². The topological polar surface area (TPSA) is 72.6 Å². The van der Waals surface area contributed by atoms with Gasteiger partial charge in [0.25, 0.3) is 5.91 Å². The molecule has 2 N–H and O–H groups in total. The zero-order chi connectivity index (χ0) is 13.0. The average Bonchev–Trinajstić information content (AvgIpc) is 2.40. The Kier molecular flexibility index (Phi) is 3.94. The van der Waals surface area contributed by atoms with Gasteiger partial charge in [0.05, 0.1) is 0 Å². The molecule has 0 spiro atoms. The van der Waals surface area contributed by atoms with Crippen LogP contribution in [0.15, 0.2) is 30.3 Å². The summed E-state index contributed by atoms with van der Waals surface area (Å²) >= 11 is 0. The number of piperidine rings is 1. The predicted octanol–water partition coefficient (Wildman–Crippen LogP) is 0.842. The van der Waals surface area contributed by atoms with Crippen molar-refractivity contribution in [3.8, 4) is 0 Å². The van der Waals surface area contributed by atoms with Crippen LogP contribution in [0.1, 0.15) is 18.4 Å². The highest BCUT2D eigenvalue weighted by Gasteiger charge is 2.34. The van der Waals surface area contributed by atoms with E-state index in [2.05, 4.69) is 0 Å². The lowest BCUT2D eigenvalue weighted by molar-refractivity contribution is -0.159. The number of nitrogens with two attached hydrogens (primary N) is 1. The minimum atomic E-state index is -0.743. The zero-order valence-corrected chi connectivity index (χ0v) is 10.0. The standard InChI is InChI=1S/C13H16N2O3/c14-15-8-4-7-11(12(15)16)13(17)18-9-10-5-2-1-3-6-10/h1-3,5-6,11H,4,7-9,14H2/t11-/m0/s1. The fourth-order valence-electron chi connectivity index (χ4n) is 1.95.